The van der Waals surface area contributed by atoms with Crippen molar-refractivity contribution < 1.29 is 14.3 Å². The number of carbonyl (C=O) groups is 2. The lowest BCUT2D eigenvalue weighted by Crippen LogP contribution is -2.32. The molecule has 3 aromatic rings. The number of aryl methyl sites for hydroxylation is 1. The summed E-state index contributed by atoms with van der Waals surface area (Å²) in [5.74, 6) is -0.827. The minimum Gasteiger partial charge on any atom is -0.452 e. The molecule has 0 aliphatic heterocycles. The van der Waals surface area contributed by atoms with Gasteiger partial charge in [-0.05, 0) is 25.0 Å². The number of aromatic nitrogens is 1. The van der Waals surface area contributed by atoms with Crippen molar-refractivity contribution in [3.8, 4) is 0 Å². The highest BCUT2D eigenvalue weighted by Gasteiger charge is 2.17. The van der Waals surface area contributed by atoms with E-state index in [0.717, 1.165) is 22.9 Å². The number of H-pyrrole nitrogens is 1. The van der Waals surface area contributed by atoms with Crippen LogP contribution in [-0.4, -0.2) is 23.5 Å². The summed E-state index contributed by atoms with van der Waals surface area (Å²) in [7, 11) is 0. The topological polar surface area (TPSA) is 71.2 Å². The van der Waals surface area contributed by atoms with Crippen molar-refractivity contribution in [3.63, 3.8) is 0 Å². The Kier molecular flexibility index (Phi) is 5.37. The zero-order valence-electron chi connectivity index (χ0n) is 14.9. The first-order valence-electron chi connectivity index (χ1n) is 8.67. The lowest BCUT2D eigenvalue weighted by Gasteiger charge is -2.17. The molecule has 2 N–H and O–H groups in total. The summed E-state index contributed by atoms with van der Waals surface area (Å²) < 4.78 is 5.19. The summed E-state index contributed by atoms with van der Waals surface area (Å²) in [6.07, 6.45) is 2.36. The number of hydrogen-bond acceptors (Lipinski definition) is 3. The minimum absolute atomic E-state index is 0.102. The van der Waals surface area contributed by atoms with E-state index in [1.54, 1.807) is 6.20 Å². The van der Waals surface area contributed by atoms with E-state index in [1.165, 1.54) is 5.56 Å². The molecule has 0 unspecified atom stereocenters. The van der Waals surface area contributed by atoms with E-state index in [1.807, 2.05) is 62.4 Å². The monoisotopic (exact) mass is 350 g/mol. The van der Waals surface area contributed by atoms with Crippen LogP contribution < -0.4 is 5.32 Å². The third-order valence-electron chi connectivity index (χ3n) is 4.37. The van der Waals surface area contributed by atoms with Gasteiger partial charge in [0.2, 0.25) is 0 Å². The Morgan fingerprint density at radius 1 is 1.12 bits per heavy atom. The Bertz CT molecular complexity index is 912. The summed E-state index contributed by atoms with van der Waals surface area (Å²) in [4.78, 5) is 27.5. The molecule has 134 valence electrons. The lowest BCUT2D eigenvalue weighted by atomic mass is 10.0. The van der Waals surface area contributed by atoms with Gasteiger partial charge in [-0.25, -0.2) is 4.79 Å². The number of benzene rings is 2. The molecule has 0 aliphatic carbocycles. The van der Waals surface area contributed by atoms with Crippen LogP contribution in [0.5, 0.6) is 0 Å². The Hall–Kier alpha value is -3.08. The third-order valence-corrected chi connectivity index (χ3v) is 4.37. The van der Waals surface area contributed by atoms with Crippen molar-refractivity contribution in [2.24, 2.45) is 0 Å². The van der Waals surface area contributed by atoms with Crippen molar-refractivity contribution in [1.82, 2.24) is 10.3 Å². The van der Waals surface area contributed by atoms with E-state index in [0.29, 0.717) is 5.56 Å². The van der Waals surface area contributed by atoms with E-state index < -0.39 is 5.97 Å². The number of fused-ring (bicyclic) bond motifs is 1. The van der Waals surface area contributed by atoms with Crippen LogP contribution in [0.2, 0.25) is 0 Å². The number of ether oxygens (including phenoxy) is 1. The molecule has 3 rings (SSSR count). The van der Waals surface area contributed by atoms with E-state index in [-0.39, 0.29) is 18.6 Å². The van der Waals surface area contributed by atoms with E-state index in [4.69, 9.17) is 4.74 Å². The van der Waals surface area contributed by atoms with Gasteiger partial charge in [-0.2, -0.15) is 0 Å². The summed E-state index contributed by atoms with van der Waals surface area (Å²) in [5, 5.41) is 3.70. The van der Waals surface area contributed by atoms with Crippen LogP contribution in [-0.2, 0) is 9.53 Å². The minimum atomic E-state index is -0.513. The summed E-state index contributed by atoms with van der Waals surface area (Å²) in [6, 6.07) is 15.4. The van der Waals surface area contributed by atoms with Gasteiger partial charge in [0.25, 0.3) is 5.91 Å². The first-order valence-corrected chi connectivity index (χ1v) is 8.67. The average Bonchev–Trinajstić information content (AvgIpc) is 3.09. The second kappa shape index (κ2) is 7.87. The maximum atomic E-state index is 12.3. The zero-order valence-corrected chi connectivity index (χ0v) is 14.9. The largest absolute Gasteiger partial charge is 0.452 e. The van der Waals surface area contributed by atoms with E-state index >= 15 is 0 Å². The van der Waals surface area contributed by atoms with Gasteiger partial charge in [0.1, 0.15) is 0 Å². The maximum Gasteiger partial charge on any atom is 0.340 e. The predicted molar refractivity (Wildman–Crippen MR) is 101 cm³/mol. The number of carbonyl (C=O) groups excluding carboxylic acids is 2. The van der Waals surface area contributed by atoms with Gasteiger partial charge in [0.05, 0.1) is 11.6 Å². The molecule has 1 amide bonds. The average molecular weight is 350 g/mol. The molecule has 1 aromatic heterocycles. The molecular formula is C21H22N2O3. The van der Waals surface area contributed by atoms with Gasteiger partial charge >= 0.3 is 5.97 Å². The van der Waals surface area contributed by atoms with Gasteiger partial charge < -0.3 is 15.0 Å². The lowest BCUT2D eigenvalue weighted by molar-refractivity contribution is -0.125. The van der Waals surface area contributed by atoms with Crippen LogP contribution >= 0.6 is 0 Å². The Balaban J connectivity index is 1.59. The molecule has 0 saturated heterocycles. The maximum absolute atomic E-state index is 12.3. The molecule has 2 aromatic carbocycles. The second-order valence-corrected chi connectivity index (χ2v) is 6.26. The van der Waals surface area contributed by atoms with Gasteiger partial charge in [-0.3, -0.25) is 4.79 Å². The molecule has 26 heavy (non-hydrogen) atoms. The van der Waals surface area contributed by atoms with Gasteiger partial charge in [-0.15, -0.1) is 0 Å². The van der Waals surface area contributed by atoms with Gasteiger partial charge in [-0.1, -0.05) is 55.0 Å². The molecular weight excluding hydrogens is 328 g/mol. The van der Waals surface area contributed by atoms with Crippen molar-refractivity contribution in [1.29, 1.82) is 0 Å². The molecule has 1 heterocycles. The molecule has 0 saturated carbocycles. The van der Waals surface area contributed by atoms with Gasteiger partial charge in [0.15, 0.2) is 6.61 Å². The number of para-hydroxylation sites is 1. The first kappa shape index (κ1) is 17.7. The molecule has 5 nitrogen and oxygen atoms in total. The molecule has 0 spiro atoms. The van der Waals surface area contributed by atoms with Crippen molar-refractivity contribution >= 4 is 22.8 Å². The van der Waals surface area contributed by atoms with Crippen molar-refractivity contribution in [2.45, 2.75) is 26.3 Å². The summed E-state index contributed by atoms with van der Waals surface area (Å²) >= 11 is 0. The van der Waals surface area contributed by atoms with Crippen LogP contribution in [0.1, 0.15) is 40.9 Å². The Labute approximate surface area is 152 Å². The number of aromatic amines is 1. The first-order chi connectivity index (χ1) is 12.6. The fourth-order valence-corrected chi connectivity index (χ4v) is 2.91. The van der Waals surface area contributed by atoms with E-state index in [9.17, 15) is 9.59 Å². The molecule has 5 heteroatoms. The van der Waals surface area contributed by atoms with Crippen LogP contribution in [0.15, 0.2) is 54.7 Å². The normalized spacial score (nSPS) is 11.9. The fraction of sp³-hybridized carbons (Fsp3) is 0.238. The van der Waals surface area contributed by atoms with Crippen molar-refractivity contribution in [3.05, 3.63) is 71.4 Å². The number of nitrogens with one attached hydrogen (secondary N) is 2. The van der Waals surface area contributed by atoms with E-state index in [2.05, 4.69) is 10.3 Å². The van der Waals surface area contributed by atoms with Crippen LogP contribution in [0.25, 0.3) is 10.9 Å². The second-order valence-electron chi connectivity index (χ2n) is 6.26. The van der Waals surface area contributed by atoms with Crippen molar-refractivity contribution in [2.75, 3.05) is 6.61 Å². The summed E-state index contributed by atoms with van der Waals surface area (Å²) in [6.45, 7) is 3.72. The number of hydrogen-bond donors (Lipinski definition) is 2. The molecule has 0 radical (unpaired) electrons. The quantitative estimate of drug-likeness (QED) is 0.662. The number of amides is 1. The third kappa shape index (κ3) is 3.94. The predicted octanol–water partition coefficient (Wildman–Crippen LogP) is 3.90. The highest BCUT2D eigenvalue weighted by molar-refractivity contribution is 6.04. The van der Waals surface area contributed by atoms with Crippen LogP contribution in [0.3, 0.4) is 0 Å². The molecule has 0 aliphatic rings. The highest BCUT2D eigenvalue weighted by atomic mass is 16.5. The molecule has 1 atom stereocenters. The number of esters is 1. The zero-order chi connectivity index (χ0) is 18.5. The smallest absolute Gasteiger partial charge is 0.340 e. The number of rotatable bonds is 6. The van der Waals surface area contributed by atoms with Crippen LogP contribution in [0, 0.1) is 6.92 Å². The Morgan fingerprint density at radius 3 is 2.58 bits per heavy atom. The summed E-state index contributed by atoms with van der Waals surface area (Å²) in [5.41, 5.74) is 3.49. The molecule has 0 bridgehead atoms. The molecule has 0 fully saturated rings. The fourth-order valence-electron chi connectivity index (χ4n) is 2.91. The standard InChI is InChI=1S/C21H22N2O3/c1-3-18(15-10-8-14(2)9-11-15)23-20(24)13-26-21(25)17-12-22-19-7-5-4-6-16(17)19/h4-12,18,22H,3,13H2,1-2H3,(H,23,24)/t18-/m1/s1. The SMILES string of the molecule is CC[C@@H](NC(=O)COC(=O)c1c[nH]c2ccccc12)c1ccc(C)cc1. The van der Waals surface area contributed by atoms with Crippen LogP contribution in [0.4, 0.5) is 0 Å². The van der Waals surface area contributed by atoms with Gasteiger partial charge in [0, 0.05) is 17.1 Å². The Morgan fingerprint density at radius 2 is 1.85 bits per heavy atom. The highest BCUT2D eigenvalue weighted by Crippen LogP contribution is 2.19.